The Bertz CT molecular complexity index is 1070. The second-order valence-corrected chi connectivity index (χ2v) is 9.77. The van der Waals surface area contributed by atoms with Gasteiger partial charge in [0.2, 0.25) is 0 Å². The lowest BCUT2D eigenvalue weighted by Crippen LogP contribution is -2.25. The average Bonchev–Trinajstić information content (AvgIpc) is 3.18. The molecule has 6 heteroatoms. The van der Waals surface area contributed by atoms with E-state index in [-0.39, 0.29) is 17.6 Å². The zero-order valence-electron chi connectivity index (χ0n) is 17.6. The Hall–Kier alpha value is -2.57. The van der Waals surface area contributed by atoms with Crippen molar-refractivity contribution in [2.75, 3.05) is 13.7 Å². The largest absolute Gasteiger partial charge is 0.497 e. The van der Waals surface area contributed by atoms with Crippen LogP contribution in [0.5, 0.6) is 5.75 Å². The second kappa shape index (κ2) is 9.71. The van der Waals surface area contributed by atoms with Crippen molar-refractivity contribution < 1.29 is 14.3 Å². The van der Waals surface area contributed by atoms with Crippen LogP contribution >= 0.6 is 23.1 Å². The number of fused-ring (bicyclic) bond motifs is 1. The Labute approximate surface area is 191 Å². The topological polar surface area (TPSA) is 55.4 Å². The molecule has 1 aliphatic carbocycles. The lowest BCUT2D eigenvalue weighted by Gasteiger charge is -2.23. The zero-order chi connectivity index (χ0) is 21.8. The molecule has 0 bridgehead atoms. The van der Waals surface area contributed by atoms with Gasteiger partial charge in [0.15, 0.2) is 5.78 Å². The number of thioether (sulfide) groups is 1. The first-order valence-corrected chi connectivity index (χ1v) is 12.2. The first kappa shape index (κ1) is 21.7. The molecule has 1 unspecified atom stereocenters. The van der Waals surface area contributed by atoms with Crippen molar-refractivity contribution in [3.63, 3.8) is 0 Å². The van der Waals surface area contributed by atoms with Crippen molar-refractivity contribution in [3.8, 4) is 5.75 Å². The number of ketones is 1. The van der Waals surface area contributed by atoms with Crippen LogP contribution in [0, 0.1) is 0 Å². The van der Waals surface area contributed by atoms with E-state index in [1.807, 2.05) is 49.4 Å². The number of thiophene rings is 1. The molecule has 31 heavy (non-hydrogen) atoms. The van der Waals surface area contributed by atoms with Gasteiger partial charge >= 0.3 is 0 Å². The van der Waals surface area contributed by atoms with Crippen molar-refractivity contribution in [3.05, 3.63) is 81.7 Å². The van der Waals surface area contributed by atoms with Gasteiger partial charge in [0, 0.05) is 24.3 Å². The van der Waals surface area contributed by atoms with Crippen LogP contribution in [-0.4, -0.2) is 25.3 Å². The number of hydrogen-bond donors (Lipinski definition) is 1. The maximum atomic E-state index is 13.3. The Kier molecular flexibility index (Phi) is 6.78. The number of amides is 1. The molecular weight excluding hydrogens is 426 g/mol. The maximum absolute atomic E-state index is 13.3. The highest BCUT2D eigenvalue weighted by Gasteiger charge is 2.34. The summed E-state index contributed by atoms with van der Waals surface area (Å²) in [6, 6.07) is 18.1. The van der Waals surface area contributed by atoms with E-state index in [0.717, 1.165) is 32.4 Å². The lowest BCUT2D eigenvalue weighted by atomic mass is 9.80. The van der Waals surface area contributed by atoms with Gasteiger partial charge in [-0.05, 0) is 48.1 Å². The minimum absolute atomic E-state index is 0.0701. The van der Waals surface area contributed by atoms with Crippen molar-refractivity contribution >= 4 is 34.8 Å². The SMILES string of the molecule is CCNC(=O)c1sc(SCc2ccccc2)c2c1CC(c1ccc(OC)cc1)CC2=O. The van der Waals surface area contributed by atoms with Crippen molar-refractivity contribution in [1.82, 2.24) is 5.32 Å². The van der Waals surface area contributed by atoms with Crippen LogP contribution in [0.1, 0.15) is 56.0 Å². The number of hydrogen-bond acceptors (Lipinski definition) is 5. The van der Waals surface area contributed by atoms with Crippen LogP contribution in [0.3, 0.4) is 0 Å². The third-order valence-corrected chi connectivity index (χ3v) is 8.05. The van der Waals surface area contributed by atoms with Crippen LogP contribution in [0.4, 0.5) is 0 Å². The molecule has 0 spiro atoms. The highest BCUT2D eigenvalue weighted by Crippen LogP contribution is 2.44. The van der Waals surface area contributed by atoms with Crippen LogP contribution in [0.2, 0.25) is 0 Å². The van der Waals surface area contributed by atoms with Crippen molar-refractivity contribution in [2.24, 2.45) is 0 Å². The fourth-order valence-corrected chi connectivity index (χ4v) is 6.46. The van der Waals surface area contributed by atoms with Crippen LogP contribution in [0.25, 0.3) is 0 Å². The summed E-state index contributed by atoms with van der Waals surface area (Å²) < 4.78 is 6.21. The standard InChI is InChI=1S/C25H25NO3S2/c1-3-26-24(28)23-20-13-18(17-9-11-19(29-2)12-10-17)14-21(27)22(20)25(31-23)30-15-16-7-5-4-6-8-16/h4-12,18H,3,13-15H2,1-2H3,(H,26,28). The van der Waals surface area contributed by atoms with E-state index in [1.54, 1.807) is 18.9 Å². The molecular formula is C25H25NO3S2. The van der Waals surface area contributed by atoms with E-state index in [9.17, 15) is 9.59 Å². The molecule has 1 aromatic heterocycles. The van der Waals surface area contributed by atoms with Crippen LogP contribution < -0.4 is 10.1 Å². The van der Waals surface area contributed by atoms with Gasteiger partial charge < -0.3 is 10.1 Å². The van der Waals surface area contributed by atoms with Crippen molar-refractivity contribution in [2.45, 2.75) is 35.6 Å². The fraction of sp³-hybridized carbons (Fsp3) is 0.280. The molecule has 3 aromatic rings. The Morgan fingerprint density at radius 3 is 2.55 bits per heavy atom. The molecule has 160 valence electrons. The van der Waals surface area contributed by atoms with Gasteiger partial charge in [-0.3, -0.25) is 9.59 Å². The number of carbonyl (C=O) groups excluding carboxylic acids is 2. The number of Topliss-reactive ketones (excluding diaryl/α,β-unsaturated/α-hetero) is 1. The molecule has 0 fully saturated rings. The fourth-order valence-electron chi connectivity index (χ4n) is 3.92. The molecule has 0 saturated carbocycles. The molecule has 0 radical (unpaired) electrons. The van der Waals surface area contributed by atoms with E-state index < -0.39 is 0 Å². The summed E-state index contributed by atoms with van der Waals surface area (Å²) in [5.74, 6) is 1.69. The van der Waals surface area contributed by atoms with E-state index in [0.29, 0.717) is 24.3 Å². The third-order valence-electron chi connectivity index (χ3n) is 5.48. The molecule has 0 saturated heterocycles. The normalized spacial score (nSPS) is 15.4. The van der Waals surface area contributed by atoms with E-state index >= 15 is 0 Å². The van der Waals surface area contributed by atoms with Gasteiger partial charge in [-0.2, -0.15) is 0 Å². The predicted octanol–water partition coefficient (Wildman–Crippen LogP) is 5.71. The van der Waals surface area contributed by atoms with Gasteiger partial charge in [-0.25, -0.2) is 0 Å². The summed E-state index contributed by atoms with van der Waals surface area (Å²) in [5.41, 5.74) is 3.97. The highest BCUT2D eigenvalue weighted by molar-refractivity contribution is 8.00. The van der Waals surface area contributed by atoms with E-state index in [1.165, 1.54) is 16.9 Å². The number of methoxy groups -OCH3 is 1. The number of rotatable bonds is 7. The molecule has 2 aromatic carbocycles. The van der Waals surface area contributed by atoms with Gasteiger partial charge in [-0.15, -0.1) is 23.1 Å². The predicted molar refractivity (Wildman–Crippen MR) is 127 cm³/mol. The Morgan fingerprint density at radius 1 is 1.13 bits per heavy atom. The molecule has 1 N–H and O–H groups in total. The van der Waals surface area contributed by atoms with E-state index in [2.05, 4.69) is 17.4 Å². The molecule has 1 atom stereocenters. The minimum Gasteiger partial charge on any atom is -0.497 e. The van der Waals surface area contributed by atoms with Gasteiger partial charge in [0.25, 0.3) is 5.91 Å². The smallest absolute Gasteiger partial charge is 0.261 e. The first-order chi connectivity index (χ1) is 15.1. The Balaban J connectivity index is 1.66. The van der Waals surface area contributed by atoms with Gasteiger partial charge in [0.1, 0.15) is 5.75 Å². The maximum Gasteiger partial charge on any atom is 0.261 e. The molecule has 1 heterocycles. The van der Waals surface area contributed by atoms with Gasteiger partial charge in [-0.1, -0.05) is 42.5 Å². The molecule has 1 amide bonds. The van der Waals surface area contributed by atoms with E-state index in [4.69, 9.17) is 4.74 Å². The van der Waals surface area contributed by atoms with Crippen LogP contribution in [0.15, 0.2) is 58.8 Å². The summed E-state index contributed by atoms with van der Waals surface area (Å²) in [6.45, 7) is 2.47. The number of benzene rings is 2. The molecule has 4 nitrogen and oxygen atoms in total. The minimum atomic E-state index is -0.0847. The average molecular weight is 452 g/mol. The molecule has 1 aliphatic rings. The first-order valence-electron chi connectivity index (χ1n) is 10.4. The summed E-state index contributed by atoms with van der Waals surface area (Å²) in [7, 11) is 1.64. The van der Waals surface area contributed by atoms with Gasteiger partial charge in [0.05, 0.1) is 16.2 Å². The molecule has 4 rings (SSSR count). The zero-order valence-corrected chi connectivity index (χ0v) is 19.3. The number of ether oxygens (including phenoxy) is 1. The summed E-state index contributed by atoms with van der Waals surface area (Å²) in [5, 5.41) is 2.92. The van der Waals surface area contributed by atoms with Crippen molar-refractivity contribution in [1.29, 1.82) is 0 Å². The quantitative estimate of drug-likeness (QED) is 0.468. The third kappa shape index (κ3) is 4.70. The lowest BCUT2D eigenvalue weighted by molar-refractivity contribution is 0.0958. The summed E-state index contributed by atoms with van der Waals surface area (Å²) in [4.78, 5) is 26.7. The molecule has 0 aliphatic heterocycles. The number of carbonyl (C=O) groups is 2. The van der Waals surface area contributed by atoms with Crippen LogP contribution in [-0.2, 0) is 12.2 Å². The highest BCUT2D eigenvalue weighted by atomic mass is 32.2. The number of nitrogens with one attached hydrogen (secondary N) is 1. The summed E-state index contributed by atoms with van der Waals surface area (Å²) >= 11 is 3.11. The summed E-state index contributed by atoms with van der Waals surface area (Å²) in [6.07, 6.45) is 1.16. The Morgan fingerprint density at radius 2 is 1.87 bits per heavy atom. The monoisotopic (exact) mass is 451 g/mol. The second-order valence-electron chi connectivity index (χ2n) is 7.51.